The molecule has 0 aliphatic heterocycles. The summed E-state index contributed by atoms with van der Waals surface area (Å²) in [7, 11) is 0. The molecule has 1 aromatic rings. The second-order valence-electron chi connectivity index (χ2n) is 9.46. The minimum atomic E-state index is -0.354. The molecule has 2 aliphatic rings. The third kappa shape index (κ3) is 5.03. The van der Waals surface area contributed by atoms with Crippen LogP contribution in [0.15, 0.2) is 42.0 Å². The van der Waals surface area contributed by atoms with Gasteiger partial charge in [-0.25, -0.2) is 4.79 Å². The second kappa shape index (κ2) is 9.20. The minimum absolute atomic E-state index is 0.0798. The van der Waals surface area contributed by atoms with Crippen LogP contribution in [0.1, 0.15) is 65.9 Å². The molecule has 0 amide bonds. The summed E-state index contributed by atoms with van der Waals surface area (Å²) in [6, 6.07) is 7.04. The zero-order valence-corrected chi connectivity index (χ0v) is 18.8. The lowest BCUT2D eigenvalue weighted by atomic mass is 9.55. The number of allylic oxidation sites excluding steroid dienone is 1. The summed E-state index contributed by atoms with van der Waals surface area (Å²) in [5.41, 5.74) is 2.44. The average Bonchev–Trinajstić information content (AvgIpc) is 2.66. The number of ether oxygens (including phenoxy) is 2. The van der Waals surface area contributed by atoms with Gasteiger partial charge in [-0.3, -0.25) is 4.79 Å². The maximum Gasteiger partial charge on any atom is 0.331 e. The van der Waals surface area contributed by atoms with Crippen LogP contribution in [0.4, 0.5) is 0 Å². The van der Waals surface area contributed by atoms with E-state index in [2.05, 4.69) is 33.8 Å². The number of fused-ring (bicyclic) bond motifs is 1. The molecule has 30 heavy (non-hydrogen) atoms. The summed E-state index contributed by atoms with van der Waals surface area (Å²) in [6.07, 6.45) is 10.1. The van der Waals surface area contributed by atoms with Crippen LogP contribution in [-0.2, 0) is 14.3 Å². The van der Waals surface area contributed by atoms with Crippen LogP contribution in [0.2, 0.25) is 0 Å². The summed E-state index contributed by atoms with van der Waals surface area (Å²) < 4.78 is 11.2. The first kappa shape index (κ1) is 22.3. The fourth-order valence-electron chi connectivity index (χ4n) is 5.32. The van der Waals surface area contributed by atoms with E-state index in [1.165, 1.54) is 31.4 Å². The molecule has 1 saturated carbocycles. The molecule has 4 atom stereocenters. The number of carbonyl (C=O) groups excluding carboxylic acids is 2. The van der Waals surface area contributed by atoms with Crippen molar-refractivity contribution in [1.29, 1.82) is 0 Å². The van der Waals surface area contributed by atoms with Gasteiger partial charge in [-0.05, 0) is 73.6 Å². The molecule has 162 valence electrons. The van der Waals surface area contributed by atoms with Gasteiger partial charge in [0.05, 0.1) is 0 Å². The van der Waals surface area contributed by atoms with Gasteiger partial charge in [-0.1, -0.05) is 44.6 Å². The van der Waals surface area contributed by atoms with Crippen molar-refractivity contribution >= 4 is 18.0 Å². The Morgan fingerprint density at radius 2 is 1.87 bits per heavy atom. The van der Waals surface area contributed by atoms with E-state index >= 15 is 0 Å². The molecule has 0 bridgehead atoms. The number of benzene rings is 1. The van der Waals surface area contributed by atoms with Crippen LogP contribution in [0.3, 0.4) is 0 Å². The predicted octanol–water partition coefficient (Wildman–Crippen LogP) is 5.97. The van der Waals surface area contributed by atoms with E-state index in [4.69, 9.17) is 9.47 Å². The molecule has 0 unspecified atom stereocenters. The summed E-state index contributed by atoms with van der Waals surface area (Å²) in [5.74, 6) is 0.992. The zero-order chi connectivity index (χ0) is 21.9. The predicted molar refractivity (Wildman–Crippen MR) is 119 cm³/mol. The standard InChI is InChI=1S/C26H34O4/c1-17(2)22-14-16-26(5)15-6-7-18(3)24(26)25(22)30-23(28)13-10-20-8-11-21(12-9-20)29-19(4)27/h7-13,17,22,24-25H,6,14-16H2,1-5H3/b13-10+/t22-,24+,25-,26+/m0/s1. The maximum atomic E-state index is 12.8. The SMILES string of the molecule is CC(=O)Oc1ccc(/C=C/C(=O)O[C@@H]2[C@H]3C(C)=CCC[C@]3(C)CC[C@H]2C(C)C)cc1. The number of carbonyl (C=O) groups is 2. The fourth-order valence-corrected chi connectivity index (χ4v) is 5.32. The Morgan fingerprint density at radius 1 is 1.17 bits per heavy atom. The molecule has 1 aromatic carbocycles. The van der Waals surface area contributed by atoms with Crippen LogP contribution in [0.25, 0.3) is 6.08 Å². The van der Waals surface area contributed by atoms with Gasteiger partial charge in [0.25, 0.3) is 0 Å². The molecule has 0 aromatic heterocycles. The van der Waals surface area contributed by atoms with E-state index in [-0.39, 0.29) is 23.5 Å². The van der Waals surface area contributed by atoms with E-state index in [1.807, 2.05) is 12.1 Å². The topological polar surface area (TPSA) is 52.6 Å². The van der Waals surface area contributed by atoms with Crippen molar-refractivity contribution in [2.24, 2.45) is 23.2 Å². The molecule has 0 radical (unpaired) electrons. The number of rotatable bonds is 5. The Balaban J connectivity index is 1.73. The van der Waals surface area contributed by atoms with Gasteiger partial charge in [0.15, 0.2) is 0 Å². The van der Waals surface area contributed by atoms with Crippen molar-refractivity contribution < 1.29 is 19.1 Å². The van der Waals surface area contributed by atoms with Crippen molar-refractivity contribution in [1.82, 2.24) is 0 Å². The minimum Gasteiger partial charge on any atom is -0.458 e. The molecule has 0 N–H and O–H groups in total. The van der Waals surface area contributed by atoms with E-state index in [0.717, 1.165) is 18.4 Å². The van der Waals surface area contributed by atoms with Gasteiger partial charge in [-0.2, -0.15) is 0 Å². The fraction of sp³-hybridized carbons (Fsp3) is 0.538. The Morgan fingerprint density at radius 3 is 2.50 bits per heavy atom. The summed E-state index contributed by atoms with van der Waals surface area (Å²) in [4.78, 5) is 23.8. The first-order valence-corrected chi connectivity index (χ1v) is 11.0. The van der Waals surface area contributed by atoms with Gasteiger partial charge < -0.3 is 9.47 Å². The molecule has 2 aliphatic carbocycles. The van der Waals surface area contributed by atoms with Crippen LogP contribution in [0.5, 0.6) is 5.75 Å². The highest BCUT2D eigenvalue weighted by Crippen LogP contribution is 2.54. The van der Waals surface area contributed by atoms with Crippen LogP contribution in [-0.4, -0.2) is 18.0 Å². The van der Waals surface area contributed by atoms with Crippen molar-refractivity contribution in [3.63, 3.8) is 0 Å². The Kier molecular flexibility index (Phi) is 6.84. The largest absolute Gasteiger partial charge is 0.458 e. The third-order valence-corrected chi connectivity index (χ3v) is 6.88. The van der Waals surface area contributed by atoms with E-state index in [0.29, 0.717) is 23.5 Å². The number of hydrogen-bond donors (Lipinski definition) is 0. The molecule has 4 heteroatoms. The van der Waals surface area contributed by atoms with Crippen LogP contribution < -0.4 is 4.74 Å². The molecule has 0 spiro atoms. The van der Waals surface area contributed by atoms with Gasteiger partial charge in [0.1, 0.15) is 11.9 Å². The zero-order valence-electron chi connectivity index (χ0n) is 18.8. The van der Waals surface area contributed by atoms with Crippen LogP contribution >= 0.6 is 0 Å². The molecular weight excluding hydrogens is 376 g/mol. The molecule has 1 fully saturated rings. The van der Waals surface area contributed by atoms with Crippen molar-refractivity contribution in [2.45, 2.75) is 66.4 Å². The summed E-state index contributed by atoms with van der Waals surface area (Å²) >= 11 is 0. The monoisotopic (exact) mass is 410 g/mol. The van der Waals surface area contributed by atoms with Gasteiger partial charge in [0.2, 0.25) is 0 Å². The lowest BCUT2D eigenvalue weighted by molar-refractivity contribution is -0.159. The average molecular weight is 411 g/mol. The van der Waals surface area contributed by atoms with Crippen molar-refractivity contribution in [2.75, 3.05) is 0 Å². The first-order chi connectivity index (χ1) is 14.2. The molecule has 0 heterocycles. The molecular formula is C26H34O4. The smallest absolute Gasteiger partial charge is 0.331 e. The first-order valence-electron chi connectivity index (χ1n) is 11.0. The van der Waals surface area contributed by atoms with E-state index in [9.17, 15) is 9.59 Å². The summed E-state index contributed by atoms with van der Waals surface area (Å²) in [6.45, 7) is 10.4. The van der Waals surface area contributed by atoms with Gasteiger partial charge in [0, 0.05) is 18.9 Å². The van der Waals surface area contributed by atoms with Crippen molar-refractivity contribution in [3.05, 3.63) is 47.6 Å². The highest BCUT2D eigenvalue weighted by Gasteiger charge is 2.50. The number of esters is 2. The molecule has 0 saturated heterocycles. The summed E-state index contributed by atoms with van der Waals surface area (Å²) in [5, 5.41) is 0. The van der Waals surface area contributed by atoms with Crippen LogP contribution in [0, 0.1) is 23.2 Å². The van der Waals surface area contributed by atoms with Gasteiger partial charge in [-0.15, -0.1) is 0 Å². The van der Waals surface area contributed by atoms with Crippen molar-refractivity contribution in [3.8, 4) is 5.75 Å². The van der Waals surface area contributed by atoms with E-state index in [1.54, 1.807) is 18.2 Å². The molecule has 4 nitrogen and oxygen atoms in total. The van der Waals surface area contributed by atoms with Gasteiger partial charge >= 0.3 is 11.9 Å². The normalized spacial score (nSPS) is 28.7. The number of hydrogen-bond acceptors (Lipinski definition) is 4. The van der Waals surface area contributed by atoms with E-state index < -0.39 is 0 Å². The Bertz CT molecular complexity index is 833. The molecule has 3 rings (SSSR count). The third-order valence-electron chi connectivity index (χ3n) is 6.88. The Labute approximate surface area is 180 Å². The highest BCUT2D eigenvalue weighted by atomic mass is 16.5. The lowest BCUT2D eigenvalue weighted by Gasteiger charge is -2.52. The maximum absolute atomic E-state index is 12.8. The quantitative estimate of drug-likeness (QED) is 0.260. The Hall–Kier alpha value is -2.36. The lowest BCUT2D eigenvalue weighted by Crippen LogP contribution is -2.50. The second-order valence-corrected chi connectivity index (χ2v) is 9.46. The highest BCUT2D eigenvalue weighted by molar-refractivity contribution is 5.87.